The van der Waals surface area contributed by atoms with E-state index in [-0.39, 0.29) is 0 Å². The number of para-hydroxylation sites is 3. The highest BCUT2D eigenvalue weighted by atomic mass is 15.0. The molecule has 0 N–H and O–H groups in total. The second-order valence-electron chi connectivity index (χ2n) is 12.3. The van der Waals surface area contributed by atoms with Gasteiger partial charge in [-0.2, -0.15) is 15.8 Å². The molecule has 0 saturated heterocycles. The van der Waals surface area contributed by atoms with E-state index in [1.54, 1.807) is 0 Å². The van der Waals surface area contributed by atoms with E-state index in [9.17, 15) is 15.8 Å². The molecule has 0 aliphatic rings. The molecule has 0 aliphatic heterocycles. The van der Waals surface area contributed by atoms with Gasteiger partial charge in [0.2, 0.25) is 0 Å². The van der Waals surface area contributed by atoms with Crippen molar-refractivity contribution in [3.63, 3.8) is 0 Å². The van der Waals surface area contributed by atoms with Crippen molar-refractivity contribution in [3.8, 4) is 51.8 Å². The lowest BCUT2D eigenvalue weighted by atomic mass is 9.92. The van der Waals surface area contributed by atoms with E-state index >= 15 is 0 Å². The highest BCUT2D eigenvalue weighted by molar-refractivity contribution is 6.11. The van der Waals surface area contributed by atoms with Gasteiger partial charge in [0.25, 0.3) is 0 Å². The van der Waals surface area contributed by atoms with Gasteiger partial charge in [-0.15, -0.1) is 0 Å². The minimum absolute atomic E-state index is 0.556. The number of aromatic nitrogens is 2. The van der Waals surface area contributed by atoms with Crippen LogP contribution >= 0.6 is 0 Å². The first kappa shape index (κ1) is 28.8. The van der Waals surface area contributed by atoms with E-state index in [0.717, 1.165) is 77.2 Å². The van der Waals surface area contributed by atoms with E-state index in [0.29, 0.717) is 16.7 Å². The smallest absolute Gasteiger partial charge is 0.101 e. The molecular formula is C45H25N5. The molecule has 5 heteroatoms. The van der Waals surface area contributed by atoms with Gasteiger partial charge in [0, 0.05) is 32.8 Å². The van der Waals surface area contributed by atoms with Crippen LogP contribution in [0.2, 0.25) is 0 Å². The first-order chi connectivity index (χ1) is 24.7. The molecule has 9 aromatic rings. The highest BCUT2D eigenvalue weighted by Gasteiger charge is 2.21. The van der Waals surface area contributed by atoms with Crippen LogP contribution in [0.15, 0.2) is 152 Å². The van der Waals surface area contributed by atoms with Crippen LogP contribution in [0.4, 0.5) is 0 Å². The lowest BCUT2D eigenvalue weighted by molar-refractivity contribution is 1.17. The van der Waals surface area contributed by atoms with Crippen molar-refractivity contribution in [2.45, 2.75) is 0 Å². The molecule has 0 spiro atoms. The Bertz CT molecular complexity index is 2970. The molecule has 0 fully saturated rings. The Labute approximate surface area is 287 Å². The van der Waals surface area contributed by atoms with Crippen molar-refractivity contribution in [1.82, 2.24) is 9.13 Å². The lowest BCUT2D eigenvalue weighted by Crippen LogP contribution is -2.01. The van der Waals surface area contributed by atoms with Crippen molar-refractivity contribution in [2.24, 2.45) is 0 Å². The molecule has 0 aliphatic carbocycles. The maximum absolute atomic E-state index is 10.5. The minimum atomic E-state index is 0.556. The summed E-state index contributed by atoms with van der Waals surface area (Å²) >= 11 is 0. The van der Waals surface area contributed by atoms with Gasteiger partial charge in [-0.05, 0) is 83.4 Å². The zero-order chi connectivity index (χ0) is 33.8. The minimum Gasteiger partial charge on any atom is -0.309 e. The Hall–Kier alpha value is -7.39. The van der Waals surface area contributed by atoms with E-state index in [4.69, 9.17) is 0 Å². The normalized spacial score (nSPS) is 11.1. The number of fused-ring (bicyclic) bond motifs is 6. The standard InChI is InChI=1S/C45H25N5/c46-26-29-19-21-43-39(23-29)36-14-3-5-17-41(36)49(43)33-11-7-9-31(25-33)34-12-1-2-13-35(34)38-16-8-10-32(28-48)45(38)50-42-18-6-4-15-37(42)40-24-30(27-47)20-22-44(40)50/h1-25H. The fraction of sp³-hybridized carbons (Fsp3) is 0. The number of nitrogens with zero attached hydrogens (tertiary/aromatic N) is 5. The molecule has 50 heavy (non-hydrogen) atoms. The summed E-state index contributed by atoms with van der Waals surface area (Å²) in [5.74, 6) is 0. The van der Waals surface area contributed by atoms with Gasteiger partial charge in [-0.3, -0.25) is 0 Å². The Kier molecular flexibility index (Phi) is 6.56. The van der Waals surface area contributed by atoms with E-state index in [2.05, 4.69) is 94.1 Å². The van der Waals surface area contributed by atoms with E-state index in [1.165, 1.54) is 0 Å². The fourth-order valence-electron chi connectivity index (χ4n) is 7.48. The Morgan fingerprint density at radius 1 is 0.380 bits per heavy atom. The van der Waals surface area contributed by atoms with E-state index < -0.39 is 0 Å². The molecule has 0 saturated carbocycles. The average Bonchev–Trinajstić information content (AvgIpc) is 3.69. The summed E-state index contributed by atoms with van der Waals surface area (Å²) in [7, 11) is 0. The number of nitriles is 3. The topological polar surface area (TPSA) is 81.2 Å². The van der Waals surface area contributed by atoms with Crippen LogP contribution < -0.4 is 0 Å². The van der Waals surface area contributed by atoms with Gasteiger partial charge in [0.15, 0.2) is 0 Å². The zero-order valence-corrected chi connectivity index (χ0v) is 26.7. The van der Waals surface area contributed by atoms with Crippen LogP contribution in [0, 0.1) is 34.0 Å². The highest BCUT2D eigenvalue weighted by Crippen LogP contribution is 2.42. The second kappa shape index (κ2) is 11.4. The predicted octanol–water partition coefficient (Wildman–Crippen LogP) is 10.8. The van der Waals surface area contributed by atoms with Crippen molar-refractivity contribution >= 4 is 43.6 Å². The maximum Gasteiger partial charge on any atom is 0.101 e. The van der Waals surface area contributed by atoms with Gasteiger partial charge in [-0.25, -0.2) is 0 Å². The van der Waals surface area contributed by atoms with Crippen molar-refractivity contribution < 1.29 is 0 Å². The molecule has 0 radical (unpaired) electrons. The van der Waals surface area contributed by atoms with Crippen LogP contribution in [0.25, 0.3) is 77.2 Å². The van der Waals surface area contributed by atoms with Crippen LogP contribution in [0.3, 0.4) is 0 Å². The molecule has 5 nitrogen and oxygen atoms in total. The largest absolute Gasteiger partial charge is 0.309 e. The molecule has 0 amide bonds. The Morgan fingerprint density at radius 3 is 1.58 bits per heavy atom. The number of rotatable bonds is 4. The molecule has 0 unspecified atom stereocenters. The molecular weight excluding hydrogens is 611 g/mol. The summed E-state index contributed by atoms with van der Waals surface area (Å²) in [6.07, 6.45) is 0. The van der Waals surface area contributed by atoms with Crippen LogP contribution in [-0.2, 0) is 0 Å². The van der Waals surface area contributed by atoms with Crippen molar-refractivity contribution in [3.05, 3.63) is 168 Å². The Morgan fingerprint density at radius 2 is 0.920 bits per heavy atom. The quantitative estimate of drug-likeness (QED) is 0.193. The summed E-state index contributed by atoms with van der Waals surface area (Å²) in [5.41, 5.74) is 11.6. The maximum atomic E-state index is 10.5. The predicted molar refractivity (Wildman–Crippen MR) is 200 cm³/mol. The number of hydrogen-bond donors (Lipinski definition) is 0. The van der Waals surface area contributed by atoms with Crippen molar-refractivity contribution in [1.29, 1.82) is 15.8 Å². The first-order valence-electron chi connectivity index (χ1n) is 16.3. The molecule has 0 atom stereocenters. The van der Waals surface area contributed by atoms with E-state index in [1.807, 2.05) is 84.9 Å². The molecule has 0 bridgehead atoms. The molecule has 230 valence electrons. The number of hydrogen-bond acceptors (Lipinski definition) is 3. The summed E-state index contributed by atoms with van der Waals surface area (Å²) in [6.45, 7) is 0. The Balaban J connectivity index is 1.29. The summed E-state index contributed by atoms with van der Waals surface area (Å²) in [6, 6.07) is 57.9. The third kappa shape index (κ3) is 4.31. The van der Waals surface area contributed by atoms with Crippen LogP contribution in [0.1, 0.15) is 16.7 Å². The van der Waals surface area contributed by atoms with Crippen molar-refractivity contribution in [2.75, 3.05) is 0 Å². The molecule has 2 aromatic heterocycles. The summed E-state index contributed by atoms with van der Waals surface area (Å²) in [4.78, 5) is 0. The molecule has 7 aromatic carbocycles. The average molecular weight is 636 g/mol. The van der Waals surface area contributed by atoms with Crippen LogP contribution in [-0.4, -0.2) is 9.13 Å². The summed E-state index contributed by atoms with van der Waals surface area (Å²) in [5, 5.41) is 34.0. The fourth-order valence-corrected chi connectivity index (χ4v) is 7.48. The second-order valence-corrected chi connectivity index (χ2v) is 12.3. The van der Waals surface area contributed by atoms with Gasteiger partial charge >= 0.3 is 0 Å². The molecule has 2 heterocycles. The van der Waals surface area contributed by atoms with Gasteiger partial charge in [0.05, 0.1) is 56.6 Å². The third-order valence-corrected chi connectivity index (χ3v) is 9.62. The van der Waals surface area contributed by atoms with Gasteiger partial charge in [-0.1, -0.05) is 84.9 Å². The monoisotopic (exact) mass is 635 g/mol. The third-order valence-electron chi connectivity index (χ3n) is 9.62. The van der Waals surface area contributed by atoms with Gasteiger partial charge in [0.1, 0.15) is 6.07 Å². The SMILES string of the molecule is N#Cc1ccc2c(c1)c1ccccc1n2-c1cccc(-c2ccccc2-c2cccc(C#N)c2-n2c3ccccc3c3cc(C#N)ccc32)c1. The number of benzene rings is 7. The lowest BCUT2D eigenvalue weighted by Gasteiger charge is -2.18. The van der Waals surface area contributed by atoms with Crippen LogP contribution in [0.5, 0.6) is 0 Å². The first-order valence-corrected chi connectivity index (χ1v) is 16.3. The summed E-state index contributed by atoms with van der Waals surface area (Å²) < 4.78 is 4.42. The molecule has 9 rings (SSSR count). The van der Waals surface area contributed by atoms with Gasteiger partial charge < -0.3 is 9.13 Å². The zero-order valence-electron chi connectivity index (χ0n) is 26.7.